The van der Waals surface area contributed by atoms with E-state index in [1.54, 1.807) is 12.1 Å². The molecule has 2 heterocycles. The van der Waals surface area contributed by atoms with E-state index in [0.29, 0.717) is 35.1 Å². The lowest BCUT2D eigenvalue weighted by Gasteiger charge is -2.40. The number of aliphatic hydroxyl groups is 1. The first kappa shape index (κ1) is 29.1. The van der Waals surface area contributed by atoms with E-state index in [9.17, 15) is 30.3 Å². The quantitative estimate of drug-likeness (QED) is 0.192. The van der Waals surface area contributed by atoms with Crippen molar-refractivity contribution in [3.8, 4) is 23.1 Å². The normalized spacial score (nSPS) is 19.6. The second kappa shape index (κ2) is 11.7. The summed E-state index contributed by atoms with van der Waals surface area (Å²) in [6, 6.07) is 6.47. The minimum Gasteiger partial charge on any atom is -0.508 e. The Balaban J connectivity index is 1.64. The van der Waals surface area contributed by atoms with Crippen molar-refractivity contribution in [2.75, 3.05) is 0 Å². The van der Waals surface area contributed by atoms with Crippen LogP contribution in [-0.2, 0) is 17.6 Å². The third-order valence-corrected chi connectivity index (χ3v) is 7.80. The maximum atomic E-state index is 12.3. The first-order chi connectivity index (χ1) is 18.9. The Bertz CT molecular complexity index is 1450. The van der Waals surface area contributed by atoms with Crippen molar-refractivity contribution in [3.63, 3.8) is 0 Å². The SMILES string of the molecule is CC(C)=CCCC(C)=CCCC1(C)Oc2c(c(O)cc3c(O)n([C@@H](Cc4ccc(O)cc4)C(=O)O)cc23)CC1O. The number of fused-ring (bicyclic) bond motifs is 3. The number of phenols is 2. The van der Waals surface area contributed by atoms with Crippen LogP contribution in [0.3, 0.4) is 0 Å². The highest BCUT2D eigenvalue weighted by molar-refractivity contribution is 5.96. The van der Waals surface area contributed by atoms with Crippen molar-refractivity contribution < 1.29 is 35.1 Å². The first-order valence-corrected chi connectivity index (χ1v) is 13.6. The maximum Gasteiger partial charge on any atom is 0.327 e. The van der Waals surface area contributed by atoms with Crippen LogP contribution in [-0.4, -0.2) is 47.8 Å². The minimum absolute atomic E-state index is 0.0644. The zero-order chi connectivity index (χ0) is 29.2. The second-order valence-electron chi connectivity index (χ2n) is 11.3. The molecule has 0 aliphatic carbocycles. The van der Waals surface area contributed by atoms with Gasteiger partial charge in [0.2, 0.25) is 0 Å². The van der Waals surface area contributed by atoms with Crippen LogP contribution < -0.4 is 4.74 Å². The van der Waals surface area contributed by atoms with Crippen molar-refractivity contribution >= 4 is 16.7 Å². The molecule has 1 aliphatic rings. The molecular formula is C32H39NO7. The van der Waals surface area contributed by atoms with Gasteiger partial charge in [0.15, 0.2) is 5.88 Å². The number of nitrogens with zero attached hydrogens (tertiary/aromatic N) is 1. The number of benzene rings is 2. The van der Waals surface area contributed by atoms with Crippen LogP contribution in [0.15, 0.2) is 59.8 Å². The molecule has 0 bridgehead atoms. The molecule has 8 nitrogen and oxygen atoms in total. The summed E-state index contributed by atoms with van der Waals surface area (Å²) in [5, 5.41) is 53.2. The van der Waals surface area contributed by atoms with Crippen molar-refractivity contribution in [3.05, 3.63) is 71.0 Å². The lowest BCUT2D eigenvalue weighted by molar-refractivity contribution is -0.141. The molecule has 8 heteroatoms. The number of carboxylic acids is 1. The van der Waals surface area contributed by atoms with E-state index < -0.39 is 23.7 Å². The van der Waals surface area contributed by atoms with Crippen molar-refractivity contribution in [2.24, 2.45) is 0 Å². The van der Waals surface area contributed by atoms with Gasteiger partial charge in [0, 0.05) is 30.0 Å². The van der Waals surface area contributed by atoms with Gasteiger partial charge in [0.1, 0.15) is 28.9 Å². The molecule has 0 saturated heterocycles. The van der Waals surface area contributed by atoms with Gasteiger partial charge in [-0.3, -0.25) is 0 Å². The zero-order valence-electron chi connectivity index (χ0n) is 23.5. The Morgan fingerprint density at radius 2 is 1.80 bits per heavy atom. The van der Waals surface area contributed by atoms with E-state index >= 15 is 0 Å². The van der Waals surface area contributed by atoms with E-state index in [-0.39, 0.29) is 35.6 Å². The molecule has 2 aromatic carbocycles. The minimum atomic E-state index is -1.14. The number of ether oxygens (including phenoxy) is 1. The van der Waals surface area contributed by atoms with Gasteiger partial charge in [0.25, 0.3) is 0 Å². The summed E-state index contributed by atoms with van der Waals surface area (Å²) >= 11 is 0. The number of aromatic nitrogens is 1. The molecule has 1 aromatic heterocycles. The highest BCUT2D eigenvalue weighted by atomic mass is 16.5. The number of rotatable bonds is 10. The number of carboxylic acid groups (broad SMARTS) is 1. The fourth-order valence-corrected chi connectivity index (χ4v) is 5.29. The summed E-state index contributed by atoms with van der Waals surface area (Å²) < 4.78 is 7.68. The summed E-state index contributed by atoms with van der Waals surface area (Å²) in [7, 11) is 0. The standard InChI is InChI=1S/C32H39NO7/c1-19(2)7-5-8-20(3)9-6-14-32(4)28(36)17-24-27(35)16-23-25(29(24)40-32)18-33(30(23)37)26(31(38)39)15-21-10-12-22(34)13-11-21/h7,9-13,16,18,26,28,34-37H,5-6,8,14-15,17H2,1-4H3,(H,38,39)/t26-,28?,32?/m0/s1. The maximum absolute atomic E-state index is 12.3. The Morgan fingerprint density at radius 3 is 2.45 bits per heavy atom. The highest BCUT2D eigenvalue weighted by Crippen LogP contribution is 2.48. The number of aromatic hydroxyl groups is 3. The average Bonchev–Trinajstić information content (AvgIpc) is 3.20. The summed E-state index contributed by atoms with van der Waals surface area (Å²) in [6.07, 6.45) is 8.46. The van der Waals surface area contributed by atoms with E-state index in [0.717, 1.165) is 12.8 Å². The lowest BCUT2D eigenvalue weighted by atomic mass is 9.84. The van der Waals surface area contributed by atoms with E-state index in [1.165, 1.54) is 40.1 Å². The molecule has 5 N–H and O–H groups in total. The molecule has 2 unspecified atom stereocenters. The molecule has 3 atom stereocenters. The molecule has 0 saturated carbocycles. The predicted molar refractivity (Wildman–Crippen MR) is 154 cm³/mol. The largest absolute Gasteiger partial charge is 0.508 e. The number of carbonyl (C=O) groups is 1. The molecule has 0 fully saturated rings. The van der Waals surface area contributed by atoms with E-state index in [1.807, 2.05) is 6.92 Å². The average molecular weight is 550 g/mol. The van der Waals surface area contributed by atoms with Gasteiger partial charge in [-0.25, -0.2) is 4.79 Å². The van der Waals surface area contributed by atoms with Gasteiger partial charge >= 0.3 is 5.97 Å². The van der Waals surface area contributed by atoms with Gasteiger partial charge in [-0.05, 0) is 77.1 Å². The number of phenolic OH excluding ortho intramolecular Hbond substituents is 2. The van der Waals surface area contributed by atoms with Crippen LogP contribution >= 0.6 is 0 Å². The number of aliphatic carboxylic acids is 1. The van der Waals surface area contributed by atoms with Crippen LogP contribution in [0, 0.1) is 0 Å². The predicted octanol–water partition coefficient (Wildman–Crippen LogP) is 6.15. The van der Waals surface area contributed by atoms with Gasteiger partial charge in [-0.1, -0.05) is 35.4 Å². The number of hydrogen-bond acceptors (Lipinski definition) is 6. The fraction of sp³-hybridized carbons (Fsp3) is 0.406. The lowest BCUT2D eigenvalue weighted by Crippen LogP contribution is -2.48. The summed E-state index contributed by atoms with van der Waals surface area (Å²) in [5.74, 6) is -1.16. The topological polar surface area (TPSA) is 132 Å². The fourth-order valence-electron chi connectivity index (χ4n) is 5.29. The Labute approximate surface area is 234 Å². The number of allylic oxidation sites excluding steroid dienone is 4. The molecule has 1 aliphatic heterocycles. The zero-order valence-corrected chi connectivity index (χ0v) is 23.5. The molecule has 0 spiro atoms. The van der Waals surface area contributed by atoms with Crippen LogP contribution in [0.1, 0.15) is 70.5 Å². The monoisotopic (exact) mass is 549 g/mol. The molecule has 214 valence electrons. The summed E-state index contributed by atoms with van der Waals surface area (Å²) in [4.78, 5) is 12.3. The van der Waals surface area contributed by atoms with Crippen LogP contribution in [0.4, 0.5) is 0 Å². The van der Waals surface area contributed by atoms with Gasteiger partial charge in [-0.2, -0.15) is 0 Å². The molecule has 0 radical (unpaired) electrons. The van der Waals surface area contributed by atoms with Gasteiger partial charge in [0.05, 0.1) is 11.5 Å². The number of hydrogen-bond donors (Lipinski definition) is 5. The second-order valence-corrected chi connectivity index (χ2v) is 11.3. The molecule has 3 aromatic rings. The molecule has 4 rings (SSSR count). The smallest absolute Gasteiger partial charge is 0.327 e. The van der Waals surface area contributed by atoms with Crippen LogP contribution in [0.2, 0.25) is 0 Å². The van der Waals surface area contributed by atoms with Crippen LogP contribution in [0.25, 0.3) is 10.8 Å². The summed E-state index contributed by atoms with van der Waals surface area (Å²) in [6.45, 7) is 8.10. The Kier molecular flexibility index (Phi) is 8.49. The molecule has 0 amide bonds. The van der Waals surface area contributed by atoms with E-state index in [4.69, 9.17) is 4.74 Å². The number of aliphatic hydroxyl groups excluding tert-OH is 1. The Morgan fingerprint density at radius 1 is 1.10 bits per heavy atom. The van der Waals surface area contributed by atoms with Crippen molar-refractivity contribution in [1.82, 2.24) is 4.57 Å². The third-order valence-electron chi connectivity index (χ3n) is 7.80. The summed E-state index contributed by atoms with van der Waals surface area (Å²) in [5.41, 5.74) is 2.71. The Hall–Kier alpha value is -3.91. The van der Waals surface area contributed by atoms with Crippen molar-refractivity contribution in [1.29, 1.82) is 0 Å². The molecule has 40 heavy (non-hydrogen) atoms. The van der Waals surface area contributed by atoms with Gasteiger partial charge < -0.3 is 34.8 Å². The van der Waals surface area contributed by atoms with E-state index in [2.05, 4.69) is 32.9 Å². The van der Waals surface area contributed by atoms with Crippen LogP contribution in [0.5, 0.6) is 23.1 Å². The first-order valence-electron chi connectivity index (χ1n) is 13.6. The third kappa shape index (κ3) is 6.12. The highest BCUT2D eigenvalue weighted by Gasteiger charge is 2.42. The van der Waals surface area contributed by atoms with Crippen molar-refractivity contribution in [2.45, 2.75) is 84.0 Å². The van der Waals surface area contributed by atoms with Gasteiger partial charge in [-0.15, -0.1) is 0 Å². The molecular weight excluding hydrogens is 510 g/mol.